The molecule has 0 saturated carbocycles. The van der Waals surface area contributed by atoms with Gasteiger partial charge in [0.25, 0.3) is 0 Å². The molecule has 35 heavy (non-hydrogen) atoms. The van der Waals surface area contributed by atoms with E-state index in [1.54, 1.807) is 6.07 Å². The van der Waals surface area contributed by atoms with Gasteiger partial charge in [-0.15, -0.1) is 0 Å². The summed E-state index contributed by atoms with van der Waals surface area (Å²) in [6.45, 7) is 1.86. The molecule has 4 rings (SSSR count). The topological polar surface area (TPSA) is 56.2 Å². The molecule has 0 atom stereocenters. The van der Waals surface area contributed by atoms with Crippen molar-refractivity contribution >= 4 is 40.1 Å². The van der Waals surface area contributed by atoms with E-state index in [9.17, 15) is 4.79 Å². The Morgan fingerprint density at radius 2 is 1.63 bits per heavy atom. The van der Waals surface area contributed by atoms with Crippen molar-refractivity contribution in [3.8, 4) is 5.75 Å². The molecule has 4 aromatic rings. The summed E-state index contributed by atoms with van der Waals surface area (Å²) in [5.74, 6) is 1.74. The minimum Gasteiger partial charge on any atom is -0.490 e. The fraction of sp³-hybridized carbons (Fsp3) is 0.286. The lowest BCUT2D eigenvalue weighted by Crippen LogP contribution is -2.26. The number of aromatic nitrogens is 2. The number of carbonyl (C=O) groups is 1. The van der Waals surface area contributed by atoms with Crippen LogP contribution in [0.1, 0.15) is 30.7 Å². The number of para-hydroxylation sites is 3. The normalized spacial score (nSPS) is 11.0. The van der Waals surface area contributed by atoms with Gasteiger partial charge in [0.2, 0.25) is 5.91 Å². The molecule has 0 unspecified atom stereocenters. The van der Waals surface area contributed by atoms with E-state index < -0.39 is 0 Å². The minimum atomic E-state index is -0.00147. The van der Waals surface area contributed by atoms with Gasteiger partial charge in [-0.25, -0.2) is 4.98 Å². The van der Waals surface area contributed by atoms with Crippen LogP contribution in [0.4, 0.5) is 0 Å². The second-order valence-electron chi connectivity index (χ2n) is 8.38. The zero-order valence-corrected chi connectivity index (χ0v) is 21.1. The largest absolute Gasteiger partial charge is 0.490 e. The molecule has 0 bridgehead atoms. The van der Waals surface area contributed by atoms with Gasteiger partial charge in [-0.3, -0.25) is 4.79 Å². The number of nitrogens with zero attached hydrogens (tertiary/aromatic N) is 2. The van der Waals surface area contributed by atoms with E-state index in [4.69, 9.17) is 32.9 Å². The molecule has 182 valence electrons. The molecule has 0 fully saturated rings. The summed E-state index contributed by atoms with van der Waals surface area (Å²) in [6, 6.07) is 23.1. The van der Waals surface area contributed by atoms with Gasteiger partial charge in [0.1, 0.15) is 18.2 Å². The van der Waals surface area contributed by atoms with E-state index in [1.165, 1.54) is 0 Å². The van der Waals surface area contributed by atoms with E-state index in [-0.39, 0.29) is 5.91 Å². The average molecular weight is 510 g/mol. The van der Waals surface area contributed by atoms with Gasteiger partial charge in [0.05, 0.1) is 29.0 Å². The summed E-state index contributed by atoms with van der Waals surface area (Å²) in [6.07, 6.45) is 4.10. The molecule has 0 saturated heterocycles. The number of unbranched alkanes of at least 4 members (excludes halogenated alkanes) is 2. The molecule has 0 aliphatic heterocycles. The number of hydrogen-bond donors (Lipinski definition) is 1. The molecule has 5 nitrogen and oxygen atoms in total. The Balaban J connectivity index is 1.24. The highest BCUT2D eigenvalue weighted by molar-refractivity contribution is 6.32. The quantitative estimate of drug-likeness (QED) is 0.222. The molecule has 1 aromatic heterocycles. The Labute approximate surface area is 216 Å². The lowest BCUT2D eigenvalue weighted by molar-refractivity contribution is -0.120. The third kappa shape index (κ3) is 7.00. The molecule has 0 aliphatic carbocycles. The third-order valence-corrected chi connectivity index (χ3v) is 6.53. The highest BCUT2D eigenvalue weighted by atomic mass is 35.5. The molecular formula is C28H29Cl2N3O2. The fourth-order valence-electron chi connectivity index (χ4n) is 4.06. The summed E-state index contributed by atoms with van der Waals surface area (Å²) in [7, 11) is 0. The van der Waals surface area contributed by atoms with Crippen LogP contribution in [-0.2, 0) is 24.2 Å². The highest BCUT2D eigenvalue weighted by Gasteiger charge is 2.11. The van der Waals surface area contributed by atoms with Gasteiger partial charge in [-0.2, -0.15) is 0 Å². The Bertz CT molecular complexity index is 1270. The maximum atomic E-state index is 12.2. The first-order valence-electron chi connectivity index (χ1n) is 11.9. The smallest absolute Gasteiger partial charge is 0.224 e. The zero-order valence-electron chi connectivity index (χ0n) is 19.6. The minimum absolute atomic E-state index is 0.00147. The molecule has 1 N–H and O–H groups in total. The Morgan fingerprint density at radius 1 is 0.886 bits per heavy atom. The second kappa shape index (κ2) is 12.6. The van der Waals surface area contributed by atoms with Crippen molar-refractivity contribution in [3.05, 3.63) is 94.2 Å². The average Bonchev–Trinajstić information content (AvgIpc) is 3.21. The van der Waals surface area contributed by atoms with Crippen molar-refractivity contribution in [1.29, 1.82) is 0 Å². The number of amides is 1. The van der Waals surface area contributed by atoms with Crippen molar-refractivity contribution in [2.45, 2.75) is 38.6 Å². The summed E-state index contributed by atoms with van der Waals surface area (Å²) in [4.78, 5) is 17.0. The van der Waals surface area contributed by atoms with Crippen LogP contribution >= 0.6 is 23.2 Å². The summed E-state index contributed by atoms with van der Waals surface area (Å²) in [5, 5.41) is 4.23. The fourth-order valence-corrected chi connectivity index (χ4v) is 4.46. The summed E-state index contributed by atoms with van der Waals surface area (Å²) < 4.78 is 8.15. The number of aryl methyl sites for hydroxylation is 1. The number of halogens is 2. The molecule has 1 heterocycles. The van der Waals surface area contributed by atoms with Crippen LogP contribution in [0.2, 0.25) is 10.0 Å². The van der Waals surface area contributed by atoms with E-state index in [2.05, 4.69) is 16.0 Å². The monoisotopic (exact) mass is 509 g/mol. The van der Waals surface area contributed by atoms with Crippen LogP contribution in [0, 0.1) is 0 Å². The number of imidazole rings is 1. The lowest BCUT2D eigenvalue weighted by Gasteiger charge is -2.12. The number of benzene rings is 3. The van der Waals surface area contributed by atoms with Crippen LogP contribution in [0.15, 0.2) is 72.8 Å². The van der Waals surface area contributed by atoms with Crippen LogP contribution in [0.3, 0.4) is 0 Å². The molecule has 3 aromatic carbocycles. The van der Waals surface area contributed by atoms with E-state index in [1.807, 2.05) is 60.7 Å². The van der Waals surface area contributed by atoms with Crippen LogP contribution in [0.25, 0.3) is 11.0 Å². The summed E-state index contributed by atoms with van der Waals surface area (Å²) >= 11 is 12.4. The Morgan fingerprint density at radius 3 is 2.46 bits per heavy atom. The number of rotatable bonds is 12. The highest BCUT2D eigenvalue weighted by Crippen LogP contribution is 2.24. The molecule has 0 radical (unpaired) electrons. The van der Waals surface area contributed by atoms with Crippen molar-refractivity contribution in [2.24, 2.45) is 0 Å². The Kier molecular flexibility index (Phi) is 9.04. The van der Waals surface area contributed by atoms with Crippen LogP contribution < -0.4 is 10.1 Å². The lowest BCUT2D eigenvalue weighted by atomic mass is 10.1. The second-order valence-corrected chi connectivity index (χ2v) is 9.19. The van der Waals surface area contributed by atoms with Crippen molar-refractivity contribution in [3.63, 3.8) is 0 Å². The van der Waals surface area contributed by atoms with Crippen molar-refractivity contribution in [1.82, 2.24) is 14.9 Å². The van der Waals surface area contributed by atoms with Gasteiger partial charge in [0.15, 0.2) is 0 Å². The van der Waals surface area contributed by atoms with E-state index >= 15 is 0 Å². The van der Waals surface area contributed by atoms with Gasteiger partial charge in [-0.05, 0) is 48.7 Å². The van der Waals surface area contributed by atoms with Gasteiger partial charge in [0, 0.05) is 18.0 Å². The van der Waals surface area contributed by atoms with E-state index in [0.29, 0.717) is 41.9 Å². The van der Waals surface area contributed by atoms with Crippen molar-refractivity contribution in [2.75, 3.05) is 13.2 Å². The number of hydrogen-bond acceptors (Lipinski definition) is 3. The Hall–Kier alpha value is -3.02. The summed E-state index contributed by atoms with van der Waals surface area (Å²) in [5.41, 5.74) is 2.95. The first-order chi connectivity index (χ1) is 17.1. The van der Waals surface area contributed by atoms with Crippen LogP contribution in [-0.4, -0.2) is 28.6 Å². The van der Waals surface area contributed by atoms with Gasteiger partial charge < -0.3 is 14.6 Å². The molecular weight excluding hydrogens is 481 g/mol. The zero-order chi connectivity index (χ0) is 24.5. The van der Waals surface area contributed by atoms with Crippen LogP contribution in [0.5, 0.6) is 5.75 Å². The molecule has 1 amide bonds. The van der Waals surface area contributed by atoms with Gasteiger partial charge in [-0.1, -0.05) is 72.1 Å². The maximum absolute atomic E-state index is 12.2. The molecule has 7 heteroatoms. The third-order valence-electron chi connectivity index (χ3n) is 5.85. The predicted molar refractivity (Wildman–Crippen MR) is 142 cm³/mol. The maximum Gasteiger partial charge on any atom is 0.224 e. The first kappa shape index (κ1) is 25.1. The molecule has 0 spiro atoms. The SMILES string of the molecule is O=C(Cc1ccccc1Cl)NCCCCCc1nc2ccccc2n1CCOc1ccccc1Cl. The standard InChI is InChI=1S/C28H29Cl2N3O2/c29-22-11-4-3-10-21(22)20-28(34)31-17-9-1-2-16-27-32-24-13-6-7-14-25(24)33(27)18-19-35-26-15-8-5-12-23(26)30/h3-8,10-15H,1-2,9,16-20H2,(H,31,34). The molecule has 0 aliphatic rings. The number of carbonyl (C=O) groups excluding carboxylic acids is 1. The number of nitrogens with one attached hydrogen (secondary N) is 1. The first-order valence-corrected chi connectivity index (χ1v) is 12.7. The van der Waals surface area contributed by atoms with Crippen molar-refractivity contribution < 1.29 is 9.53 Å². The number of ether oxygens (including phenoxy) is 1. The van der Waals surface area contributed by atoms with E-state index in [0.717, 1.165) is 48.1 Å². The number of fused-ring (bicyclic) bond motifs is 1. The van der Waals surface area contributed by atoms with Gasteiger partial charge >= 0.3 is 0 Å². The predicted octanol–water partition coefficient (Wildman–Crippen LogP) is 6.49.